The number of likely N-dealkylation sites (tertiary alicyclic amines) is 1. The van der Waals surface area contributed by atoms with Gasteiger partial charge >= 0.3 is 0 Å². The molecule has 45 heavy (non-hydrogen) atoms. The number of benzene rings is 2. The molecule has 0 bridgehead atoms. The maximum atomic E-state index is 13.1. The molecule has 2 aromatic heterocycles. The zero-order chi connectivity index (χ0) is 32.1. The lowest BCUT2D eigenvalue weighted by Crippen LogP contribution is -2.58. The van der Waals surface area contributed by atoms with Gasteiger partial charge in [-0.3, -0.25) is 24.3 Å². The number of hydrogen-bond acceptors (Lipinski definition) is 8. The molecule has 12 heteroatoms. The van der Waals surface area contributed by atoms with E-state index in [-0.39, 0.29) is 24.2 Å². The molecule has 4 aromatic rings. The van der Waals surface area contributed by atoms with Gasteiger partial charge in [0.2, 0.25) is 11.8 Å². The molecule has 1 saturated heterocycles. The first-order valence-electron chi connectivity index (χ1n) is 14.1. The highest BCUT2D eigenvalue weighted by Gasteiger charge is 2.28. The summed E-state index contributed by atoms with van der Waals surface area (Å²) in [6.07, 6.45) is 2.00. The average molecular weight is 649 g/mol. The number of halogens is 2. The maximum absolute atomic E-state index is 13.1. The minimum atomic E-state index is -0.496. The minimum absolute atomic E-state index is 0.0310. The van der Waals surface area contributed by atoms with Gasteiger partial charge in [-0.15, -0.1) is 0 Å². The van der Waals surface area contributed by atoms with Gasteiger partial charge in [0.05, 0.1) is 41.2 Å². The Morgan fingerprint density at radius 2 is 1.71 bits per heavy atom. The average Bonchev–Trinajstić information content (AvgIpc) is 3.01. The summed E-state index contributed by atoms with van der Waals surface area (Å²) in [5, 5.41) is 6.45. The van der Waals surface area contributed by atoms with Crippen molar-refractivity contribution in [3.63, 3.8) is 0 Å². The van der Waals surface area contributed by atoms with Crippen LogP contribution < -0.4 is 15.4 Å². The van der Waals surface area contributed by atoms with Crippen molar-refractivity contribution >= 4 is 47.0 Å². The molecular weight excluding hydrogens is 617 g/mol. The lowest BCUT2D eigenvalue weighted by atomic mass is 10.00. The van der Waals surface area contributed by atoms with Gasteiger partial charge in [-0.1, -0.05) is 59.6 Å². The highest BCUT2D eigenvalue weighted by atomic mass is 35.5. The Balaban J connectivity index is 1.38. The number of methoxy groups -OCH3 is 2. The second kappa shape index (κ2) is 14.2. The smallest absolute Gasteiger partial charge is 0.274 e. The van der Waals surface area contributed by atoms with Crippen LogP contribution in [-0.4, -0.2) is 66.3 Å². The number of aromatic nitrogens is 2. The van der Waals surface area contributed by atoms with Crippen molar-refractivity contribution in [2.75, 3.05) is 32.6 Å². The fourth-order valence-corrected chi connectivity index (χ4v) is 5.81. The van der Waals surface area contributed by atoms with E-state index in [1.165, 1.54) is 26.3 Å². The number of nitrogens with zero attached hydrogens (tertiary/aromatic N) is 3. The van der Waals surface area contributed by atoms with E-state index in [1.807, 2.05) is 36.4 Å². The van der Waals surface area contributed by atoms with E-state index in [2.05, 4.69) is 20.5 Å². The number of pyridine rings is 2. The first kappa shape index (κ1) is 32.1. The predicted octanol–water partition coefficient (Wildman–Crippen LogP) is 5.66. The van der Waals surface area contributed by atoms with Crippen LogP contribution in [0.5, 0.6) is 5.88 Å². The molecule has 2 aromatic carbocycles. The summed E-state index contributed by atoms with van der Waals surface area (Å²) in [6, 6.07) is 16.4. The van der Waals surface area contributed by atoms with E-state index >= 15 is 0 Å². The summed E-state index contributed by atoms with van der Waals surface area (Å²) in [7, 11) is 3.08. The van der Waals surface area contributed by atoms with Crippen LogP contribution >= 0.6 is 23.2 Å². The van der Waals surface area contributed by atoms with E-state index in [4.69, 9.17) is 37.7 Å². The van der Waals surface area contributed by atoms with Gasteiger partial charge in [-0.05, 0) is 23.8 Å². The van der Waals surface area contributed by atoms with Crippen molar-refractivity contribution < 1.29 is 23.9 Å². The molecule has 3 heterocycles. The van der Waals surface area contributed by atoms with Crippen molar-refractivity contribution in [2.24, 2.45) is 0 Å². The topological polar surface area (TPSA) is 123 Å². The van der Waals surface area contributed by atoms with E-state index in [0.717, 1.165) is 18.7 Å². The third-order valence-electron chi connectivity index (χ3n) is 7.39. The van der Waals surface area contributed by atoms with E-state index in [1.54, 1.807) is 19.2 Å². The normalized spacial score (nSPS) is 13.2. The molecule has 0 aliphatic carbocycles. The van der Waals surface area contributed by atoms with Gasteiger partial charge in [-0.25, -0.2) is 4.98 Å². The standard InChI is InChI=1S/C33H31Cl2N5O5/c1-19(42)37-23-15-40(16-23)14-20-10-11-27(39-33(20)45-3)26-8-4-6-24(30(26)34)25-7-5-9-28(31(25)35)38-32(43)29-12-21(18-44-2)22(17-41)13-36-29/h4-13,17,23H,14-16,18H2,1-3H3,(H,37,42)(H,38,43). The number of ether oxygens (including phenoxy) is 2. The minimum Gasteiger partial charge on any atom is -0.481 e. The van der Waals surface area contributed by atoms with Gasteiger partial charge < -0.3 is 20.1 Å². The molecule has 1 aliphatic heterocycles. The number of carbonyl (C=O) groups is 3. The zero-order valence-corrected chi connectivity index (χ0v) is 26.4. The summed E-state index contributed by atoms with van der Waals surface area (Å²) < 4.78 is 10.8. The molecule has 0 atom stereocenters. The van der Waals surface area contributed by atoms with E-state index in [9.17, 15) is 14.4 Å². The second-order valence-corrected chi connectivity index (χ2v) is 11.3. The van der Waals surface area contributed by atoms with Gasteiger partial charge in [0.15, 0.2) is 6.29 Å². The predicted molar refractivity (Wildman–Crippen MR) is 173 cm³/mol. The van der Waals surface area contributed by atoms with Crippen LogP contribution in [0.2, 0.25) is 10.0 Å². The fraction of sp³-hybridized carbons (Fsp3) is 0.242. The SMILES string of the molecule is COCc1cc(C(=O)Nc2cccc(-c3cccc(-c4ccc(CN5CC(NC(C)=O)C5)c(OC)n4)c3Cl)c2Cl)ncc1C=O. The second-order valence-electron chi connectivity index (χ2n) is 10.6. The summed E-state index contributed by atoms with van der Waals surface area (Å²) in [4.78, 5) is 46.8. The van der Waals surface area contributed by atoms with Gasteiger partial charge in [-0.2, -0.15) is 0 Å². The van der Waals surface area contributed by atoms with E-state index < -0.39 is 5.91 Å². The summed E-state index contributed by atoms with van der Waals surface area (Å²) in [5.41, 5.74) is 4.87. The Morgan fingerprint density at radius 3 is 2.40 bits per heavy atom. The molecule has 2 amide bonds. The Bertz CT molecular complexity index is 1760. The Labute approximate surface area is 270 Å². The summed E-state index contributed by atoms with van der Waals surface area (Å²) >= 11 is 13.8. The van der Waals surface area contributed by atoms with Crippen LogP contribution in [0.3, 0.4) is 0 Å². The molecule has 2 N–H and O–H groups in total. The number of amides is 2. The van der Waals surface area contributed by atoms with Gasteiger partial charge in [0, 0.05) is 67.7 Å². The van der Waals surface area contributed by atoms with Crippen LogP contribution in [0.15, 0.2) is 60.8 Å². The van der Waals surface area contributed by atoms with Crippen molar-refractivity contribution in [1.29, 1.82) is 0 Å². The Kier molecular flexibility index (Phi) is 10.1. The fourth-order valence-electron chi connectivity index (χ4n) is 5.21. The monoisotopic (exact) mass is 647 g/mol. The molecular formula is C33H31Cl2N5O5. The van der Waals surface area contributed by atoms with Crippen LogP contribution in [-0.2, 0) is 22.7 Å². The Morgan fingerprint density at radius 1 is 1.00 bits per heavy atom. The number of hydrogen-bond donors (Lipinski definition) is 2. The van der Waals surface area contributed by atoms with Crippen LogP contribution in [0.4, 0.5) is 5.69 Å². The molecule has 232 valence electrons. The largest absolute Gasteiger partial charge is 0.481 e. The lowest BCUT2D eigenvalue weighted by Gasteiger charge is -2.39. The van der Waals surface area contributed by atoms with Crippen molar-refractivity contribution in [3.05, 3.63) is 93.2 Å². The number of rotatable bonds is 11. The van der Waals surface area contributed by atoms with Crippen molar-refractivity contribution in [2.45, 2.75) is 26.1 Å². The molecule has 0 spiro atoms. The zero-order valence-electron chi connectivity index (χ0n) is 24.9. The van der Waals surface area contributed by atoms with Gasteiger partial charge in [0.25, 0.3) is 5.91 Å². The van der Waals surface area contributed by atoms with Crippen molar-refractivity contribution in [3.8, 4) is 28.3 Å². The van der Waals surface area contributed by atoms with E-state index in [0.29, 0.717) is 68.0 Å². The number of nitrogens with one attached hydrogen (secondary N) is 2. The maximum Gasteiger partial charge on any atom is 0.274 e. The highest BCUT2D eigenvalue weighted by Crippen LogP contribution is 2.41. The number of anilines is 1. The molecule has 1 fully saturated rings. The first-order valence-corrected chi connectivity index (χ1v) is 14.8. The summed E-state index contributed by atoms with van der Waals surface area (Å²) in [5.74, 6) is -0.0384. The molecule has 0 radical (unpaired) electrons. The van der Waals surface area contributed by atoms with Crippen LogP contribution in [0.25, 0.3) is 22.4 Å². The molecule has 10 nitrogen and oxygen atoms in total. The number of carbonyl (C=O) groups excluding carboxylic acids is 3. The highest BCUT2D eigenvalue weighted by molar-refractivity contribution is 6.39. The molecule has 5 rings (SSSR count). The molecule has 1 aliphatic rings. The number of aldehydes is 1. The van der Waals surface area contributed by atoms with Crippen LogP contribution in [0.1, 0.15) is 38.9 Å². The van der Waals surface area contributed by atoms with Crippen molar-refractivity contribution in [1.82, 2.24) is 20.2 Å². The molecule has 0 saturated carbocycles. The lowest BCUT2D eigenvalue weighted by molar-refractivity contribution is -0.120. The van der Waals surface area contributed by atoms with Gasteiger partial charge in [0.1, 0.15) is 5.69 Å². The van der Waals surface area contributed by atoms with Crippen LogP contribution in [0, 0.1) is 0 Å². The first-order chi connectivity index (χ1) is 21.7. The molecule has 0 unspecified atom stereocenters. The third-order valence-corrected chi connectivity index (χ3v) is 8.20. The Hall–Kier alpha value is -4.35. The third kappa shape index (κ3) is 7.15. The summed E-state index contributed by atoms with van der Waals surface area (Å²) in [6.45, 7) is 3.84. The quantitative estimate of drug-likeness (QED) is 0.200.